The van der Waals surface area contributed by atoms with E-state index in [1.165, 1.54) is 0 Å². The van der Waals surface area contributed by atoms with Crippen LogP contribution >= 0.6 is 11.6 Å². The molecule has 2 fully saturated rings. The summed E-state index contributed by atoms with van der Waals surface area (Å²) in [5, 5.41) is 0.472. The third-order valence-electron chi connectivity index (χ3n) is 3.91. The highest BCUT2D eigenvalue weighted by molar-refractivity contribution is 6.29. The van der Waals surface area contributed by atoms with E-state index in [1.807, 2.05) is 0 Å². The lowest BCUT2D eigenvalue weighted by atomic mass is 10.2. The van der Waals surface area contributed by atoms with E-state index in [-0.39, 0.29) is 11.9 Å². The summed E-state index contributed by atoms with van der Waals surface area (Å²) in [6.45, 7) is 0.849. The van der Waals surface area contributed by atoms with Crippen molar-refractivity contribution >= 4 is 23.3 Å². The lowest BCUT2D eigenvalue weighted by molar-refractivity contribution is -0.129. The zero-order valence-corrected chi connectivity index (χ0v) is 12.6. The Morgan fingerprint density at radius 3 is 2.75 bits per heavy atom. The Labute approximate surface area is 123 Å². The molecule has 1 saturated heterocycles. The van der Waals surface area contributed by atoms with Crippen molar-refractivity contribution in [1.82, 2.24) is 14.9 Å². The van der Waals surface area contributed by atoms with Gasteiger partial charge in [0.1, 0.15) is 22.8 Å². The van der Waals surface area contributed by atoms with Gasteiger partial charge in [0.2, 0.25) is 5.91 Å². The summed E-state index contributed by atoms with van der Waals surface area (Å²) in [5.41, 5.74) is 0. The average molecular weight is 295 g/mol. The molecule has 0 radical (unpaired) electrons. The molecule has 1 aliphatic carbocycles. The van der Waals surface area contributed by atoms with Crippen molar-refractivity contribution in [2.75, 3.05) is 25.5 Å². The summed E-state index contributed by atoms with van der Waals surface area (Å²) in [5.74, 6) is 2.21. The smallest absolute Gasteiger partial charge is 0.244 e. The van der Waals surface area contributed by atoms with Crippen LogP contribution in [-0.2, 0) is 4.79 Å². The van der Waals surface area contributed by atoms with Crippen molar-refractivity contribution in [2.24, 2.45) is 0 Å². The highest BCUT2D eigenvalue weighted by Gasteiger charge is 2.34. The lowest BCUT2D eigenvalue weighted by Gasteiger charge is -2.27. The van der Waals surface area contributed by atoms with E-state index in [9.17, 15) is 4.79 Å². The predicted octanol–water partition coefficient (Wildman–Crippen LogP) is 2.06. The fraction of sp³-hybridized carbons (Fsp3) is 0.643. The first kappa shape index (κ1) is 13.6. The maximum Gasteiger partial charge on any atom is 0.244 e. The number of hydrogen-bond acceptors (Lipinski definition) is 4. The standard InChI is InChI=1S/C14H19ClN4O/c1-18(2)14(20)10-4-3-7-19(10)12-8-11(15)16-13(17-12)9-5-6-9/h8-10H,3-7H2,1-2H3. The van der Waals surface area contributed by atoms with Gasteiger partial charge in [0.05, 0.1) is 0 Å². The van der Waals surface area contributed by atoms with E-state index in [2.05, 4.69) is 14.9 Å². The molecule has 5 nitrogen and oxygen atoms in total. The number of hydrogen-bond donors (Lipinski definition) is 0. The fourth-order valence-corrected chi connectivity index (χ4v) is 2.87. The van der Waals surface area contributed by atoms with Crippen molar-refractivity contribution in [3.8, 4) is 0 Å². The number of carbonyl (C=O) groups is 1. The van der Waals surface area contributed by atoms with Crippen LogP contribution in [-0.4, -0.2) is 47.5 Å². The molecule has 1 aromatic rings. The first-order valence-corrected chi connectivity index (χ1v) is 7.46. The maximum atomic E-state index is 12.3. The summed E-state index contributed by atoms with van der Waals surface area (Å²) in [6, 6.07) is 1.65. The first-order chi connectivity index (χ1) is 9.56. The number of likely N-dealkylation sites (N-methyl/N-ethyl adjacent to an activating group) is 1. The second-order valence-corrected chi connectivity index (χ2v) is 6.15. The summed E-state index contributed by atoms with van der Waals surface area (Å²) in [4.78, 5) is 24.9. The average Bonchev–Trinajstić information content (AvgIpc) is 3.14. The molecule has 1 aliphatic heterocycles. The molecule has 3 rings (SSSR count). The van der Waals surface area contributed by atoms with Crippen molar-refractivity contribution in [1.29, 1.82) is 0 Å². The van der Waals surface area contributed by atoms with Crippen molar-refractivity contribution < 1.29 is 4.79 Å². The third-order valence-corrected chi connectivity index (χ3v) is 4.11. The van der Waals surface area contributed by atoms with Crippen molar-refractivity contribution in [2.45, 2.75) is 37.6 Å². The van der Waals surface area contributed by atoms with Crippen LogP contribution in [0, 0.1) is 0 Å². The molecule has 0 bridgehead atoms. The summed E-state index contributed by atoms with van der Waals surface area (Å²) in [7, 11) is 3.59. The van der Waals surface area contributed by atoms with Gasteiger partial charge in [-0.25, -0.2) is 9.97 Å². The highest BCUT2D eigenvalue weighted by Crippen LogP contribution is 2.39. The van der Waals surface area contributed by atoms with Crippen molar-refractivity contribution in [3.63, 3.8) is 0 Å². The zero-order valence-electron chi connectivity index (χ0n) is 11.8. The van der Waals surface area contributed by atoms with Gasteiger partial charge in [0.15, 0.2) is 0 Å². The minimum atomic E-state index is -0.122. The van der Waals surface area contributed by atoms with E-state index < -0.39 is 0 Å². The fourth-order valence-electron chi connectivity index (χ4n) is 2.69. The van der Waals surface area contributed by atoms with Gasteiger partial charge >= 0.3 is 0 Å². The largest absolute Gasteiger partial charge is 0.347 e. The van der Waals surface area contributed by atoms with Gasteiger partial charge in [-0.05, 0) is 25.7 Å². The second kappa shape index (κ2) is 5.20. The number of carbonyl (C=O) groups excluding carboxylic acids is 1. The first-order valence-electron chi connectivity index (χ1n) is 7.08. The van der Waals surface area contributed by atoms with Crippen LogP contribution in [0.15, 0.2) is 6.07 Å². The van der Waals surface area contributed by atoms with Crippen LogP contribution in [0.3, 0.4) is 0 Å². The molecular weight excluding hydrogens is 276 g/mol. The molecule has 108 valence electrons. The molecular formula is C14H19ClN4O. The summed E-state index contributed by atoms with van der Waals surface area (Å²) in [6.07, 6.45) is 4.15. The van der Waals surface area contributed by atoms with E-state index >= 15 is 0 Å². The third kappa shape index (κ3) is 2.59. The Morgan fingerprint density at radius 1 is 1.35 bits per heavy atom. The van der Waals surface area contributed by atoms with Gasteiger partial charge in [-0.15, -0.1) is 0 Å². The van der Waals surface area contributed by atoms with Crippen molar-refractivity contribution in [3.05, 3.63) is 17.0 Å². The normalized spacial score (nSPS) is 22.1. The molecule has 2 aliphatic rings. The molecule has 0 N–H and O–H groups in total. The second-order valence-electron chi connectivity index (χ2n) is 5.77. The topological polar surface area (TPSA) is 49.3 Å². The highest BCUT2D eigenvalue weighted by atomic mass is 35.5. The number of halogens is 1. The Kier molecular flexibility index (Phi) is 3.54. The van der Waals surface area contributed by atoms with Gasteiger partial charge in [0.25, 0.3) is 0 Å². The van der Waals surface area contributed by atoms with Gasteiger partial charge in [0, 0.05) is 32.6 Å². The monoisotopic (exact) mass is 294 g/mol. The van der Waals surface area contributed by atoms with Gasteiger partial charge in [-0.1, -0.05) is 11.6 Å². The molecule has 20 heavy (non-hydrogen) atoms. The molecule has 1 aromatic heterocycles. The molecule has 0 aromatic carbocycles. The number of aromatic nitrogens is 2. The molecule has 1 amide bonds. The van der Waals surface area contributed by atoms with E-state index in [1.54, 1.807) is 25.1 Å². The Hall–Kier alpha value is -1.36. The van der Waals surface area contributed by atoms with E-state index in [0.717, 1.165) is 43.9 Å². The van der Waals surface area contributed by atoms with E-state index in [4.69, 9.17) is 11.6 Å². The van der Waals surface area contributed by atoms with Crippen LogP contribution in [0.2, 0.25) is 5.15 Å². The lowest BCUT2D eigenvalue weighted by Crippen LogP contribution is -2.43. The maximum absolute atomic E-state index is 12.3. The van der Waals surface area contributed by atoms with Gasteiger partial charge in [-0.3, -0.25) is 4.79 Å². The molecule has 0 spiro atoms. The van der Waals surface area contributed by atoms with Crippen LogP contribution in [0.25, 0.3) is 0 Å². The quantitative estimate of drug-likeness (QED) is 0.801. The van der Waals surface area contributed by atoms with Gasteiger partial charge in [-0.2, -0.15) is 0 Å². The molecule has 2 heterocycles. The molecule has 1 atom stereocenters. The van der Waals surface area contributed by atoms with Crippen LogP contribution in [0.5, 0.6) is 0 Å². The minimum Gasteiger partial charge on any atom is -0.347 e. The number of amides is 1. The summed E-state index contributed by atoms with van der Waals surface area (Å²) < 4.78 is 0. The Morgan fingerprint density at radius 2 is 2.10 bits per heavy atom. The SMILES string of the molecule is CN(C)C(=O)C1CCCN1c1cc(Cl)nc(C2CC2)n1. The molecule has 1 saturated carbocycles. The Balaban J connectivity index is 1.89. The predicted molar refractivity (Wildman–Crippen MR) is 78.1 cm³/mol. The number of rotatable bonds is 3. The number of anilines is 1. The minimum absolute atomic E-state index is 0.122. The molecule has 6 heteroatoms. The number of nitrogens with zero attached hydrogens (tertiary/aromatic N) is 4. The van der Waals surface area contributed by atoms with Crippen LogP contribution < -0.4 is 4.90 Å². The summed E-state index contributed by atoms with van der Waals surface area (Å²) >= 11 is 6.12. The van der Waals surface area contributed by atoms with E-state index in [0.29, 0.717) is 11.1 Å². The van der Waals surface area contributed by atoms with Gasteiger partial charge < -0.3 is 9.80 Å². The van der Waals surface area contributed by atoms with Crippen LogP contribution in [0.4, 0.5) is 5.82 Å². The zero-order chi connectivity index (χ0) is 14.3. The molecule has 1 unspecified atom stereocenters. The van der Waals surface area contributed by atoms with Crippen LogP contribution in [0.1, 0.15) is 37.4 Å². The Bertz CT molecular complexity index is 530.